The first kappa shape index (κ1) is 12.0. The number of ether oxygens (including phenoxy) is 1. The van der Waals surface area contributed by atoms with E-state index in [2.05, 4.69) is 6.07 Å². The molecular formula is C12H15F2O. The van der Waals surface area contributed by atoms with Crippen molar-refractivity contribution in [3.63, 3.8) is 0 Å². The Morgan fingerprint density at radius 2 is 2.00 bits per heavy atom. The molecule has 0 N–H and O–H groups in total. The van der Waals surface area contributed by atoms with Crippen LogP contribution in [-0.4, -0.2) is 13.3 Å². The third-order valence-corrected chi connectivity index (χ3v) is 2.03. The Morgan fingerprint density at radius 1 is 1.20 bits per heavy atom. The van der Waals surface area contributed by atoms with Gasteiger partial charge in [0, 0.05) is 12.1 Å². The lowest BCUT2D eigenvalue weighted by atomic mass is 10.2. The predicted molar refractivity (Wildman–Crippen MR) is 55.2 cm³/mol. The molecule has 3 heteroatoms. The van der Waals surface area contributed by atoms with Gasteiger partial charge in [-0.1, -0.05) is 6.42 Å². The minimum Gasteiger partial charge on any atom is -0.493 e. The van der Waals surface area contributed by atoms with Crippen molar-refractivity contribution < 1.29 is 13.5 Å². The van der Waals surface area contributed by atoms with Gasteiger partial charge >= 0.3 is 0 Å². The summed E-state index contributed by atoms with van der Waals surface area (Å²) < 4.78 is 29.7. The van der Waals surface area contributed by atoms with Gasteiger partial charge in [-0.15, -0.1) is 0 Å². The Morgan fingerprint density at radius 3 is 2.73 bits per heavy atom. The van der Waals surface area contributed by atoms with Gasteiger partial charge in [0.05, 0.1) is 13.3 Å². The zero-order valence-corrected chi connectivity index (χ0v) is 8.64. The Bertz CT molecular complexity index is 276. The second-order valence-electron chi connectivity index (χ2n) is 3.32. The van der Waals surface area contributed by atoms with Crippen LogP contribution < -0.4 is 4.74 Å². The van der Waals surface area contributed by atoms with Crippen LogP contribution >= 0.6 is 0 Å². The van der Waals surface area contributed by atoms with Gasteiger partial charge in [0.1, 0.15) is 11.6 Å². The van der Waals surface area contributed by atoms with Crippen LogP contribution in [0.4, 0.5) is 8.78 Å². The highest BCUT2D eigenvalue weighted by Crippen LogP contribution is 2.12. The van der Waals surface area contributed by atoms with E-state index in [9.17, 15) is 8.78 Å². The summed E-state index contributed by atoms with van der Waals surface area (Å²) in [5.41, 5.74) is 0. The van der Waals surface area contributed by atoms with Gasteiger partial charge in [-0.3, -0.25) is 4.39 Å². The van der Waals surface area contributed by atoms with Gasteiger partial charge in [0.2, 0.25) is 0 Å². The van der Waals surface area contributed by atoms with E-state index >= 15 is 0 Å². The topological polar surface area (TPSA) is 9.23 Å². The molecule has 0 aromatic heterocycles. The number of rotatable bonds is 7. The van der Waals surface area contributed by atoms with E-state index in [0.29, 0.717) is 18.8 Å². The molecule has 0 saturated heterocycles. The maximum atomic E-state index is 12.7. The van der Waals surface area contributed by atoms with Crippen molar-refractivity contribution in [3.8, 4) is 5.75 Å². The molecule has 1 nitrogen and oxygen atoms in total. The maximum Gasteiger partial charge on any atom is 0.134 e. The first-order valence-corrected chi connectivity index (χ1v) is 5.19. The summed E-state index contributed by atoms with van der Waals surface area (Å²) in [5.74, 6) is 0.113. The highest BCUT2D eigenvalue weighted by molar-refractivity contribution is 5.21. The largest absolute Gasteiger partial charge is 0.493 e. The number of halogens is 2. The third kappa shape index (κ3) is 5.35. The summed E-state index contributed by atoms with van der Waals surface area (Å²) in [6.07, 6.45) is 3.33. The van der Waals surface area contributed by atoms with Crippen molar-refractivity contribution in [1.82, 2.24) is 0 Å². The van der Waals surface area contributed by atoms with Crippen LogP contribution in [0.3, 0.4) is 0 Å². The average Bonchev–Trinajstić information content (AvgIpc) is 2.23. The van der Waals surface area contributed by atoms with Gasteiger partial charge in [0.25, 0.3) is 0 Å². The van der Waals surface area contributed by atoms with Gasteiger partial charge in [-0.2, -0.15) is 0 Å². The van der Waals surface area contributed by atoms with Crippen molar-refractivity contribution in [2.45, 2.75) is 25.7 Å². The normalized spacial score (nSPS) is 10.3. The van der Waals surface area contributed by atoms with Crippen LogP contribution in [0.15, 0.2) is 18.2 Å². The zero-order chi connectivity index (χ0) is 10.9. The zero-order valence-electron chi connectivity index (χ0n) is 8.64. The quantitative estimate of drug-likeness (QED) is 0.629. The minimum atomic E-state index is -0.412. The van der Waals surface area contributed by atoms with Gasteiger partial charge in [-0.25, -0.2) is 4.39 Å². The molecule has 0 amide bonds. The highest BCUT2D eigenvalue weighted by Gasteiger charge is 1.96. The SMILES string of the molecule is FCCCCCCOc1cc[c]c(F)c1. The van der Waals surface area contributed by atoms with Crippen molar-refractivity contribution >= 4 is 0 Å². The molecule has 15 heavy (non-hydrogen) atoms. The van der Waals surface area contributed by atoms with Crippen LogP contribution in [-0.2, 0) is 0 Å². The molecule has 0 aliphatic rings. The van der Waals surface area contributed by atoms with Gasteiger partial charge in [-0.05, 0) is 31.4 Å². The summed E-state index contributed by atoms with van der Waals surface area (Å²) in [5, 5.41) is 0. The minimum absolute atomic E-state index is 0.249. The molecule has 1 aromatic rings. The molecule has 0 heterocycles. The summed E-state index contributed by atoms with van der Waals surface area (Å²) in [6.45, 7) is 0.302. The van der Waals surface area contributed by atoms with E-state index in [0.717, 1.165) is 19.3 Å². The summed E-state index contributed by atoms with van der Waals surface area (Å²) in [7, 11) is 0. The number of hydrogen-bond donors (Lipinski definition) is 0. The van der Waals surface area contributed by atoms with E-state index in [4.69, 9.17) is 4.74 Å². The van der Waals surface area contributed by atoms with Crippen molar-refractivity contribution in [2.24, 2.45) is 0 Å². The van der Waals surface area contributed by atoms with Crippen molar-refractivity contribution in [1.29, 1.82) is 0 Å². The fraction of sp³-hybridized carbons (Fsp3) is 0.500. The molecule has 1 radical (unpaired) electrons. The molecule has 83 valence electrons. The molecular weight excluding hydrogens is 198 g/mol. The van der Waals surface area contributed by atoms with Gasteiger partial charge in [0.15, 0.2) is 0 Å². The van der Waals surface area contributed by atoms with E-state index in [1.165, 1.54) is 12.1 Å². The molecule has 0 bridgehead atoms. The van der Waals surface area contributed by atoms with Crippen molar-refractivity contribution in [3.05, 3.63) is 30.1 Å². The Kier molecular flexibility index (Phi) is 5.74. The van der Waals surface area contributed by atoms with Crippen LogP contribution in [0.2, 0.25) is 0 Å². The number of unbranched alkanes of at least 4 members (excludes halogenated alkanes) is 3. The van der Waals surface area contributed by atoms with E-state index < -0.39 is 5.82 Å². The molecule has 0 aliphatic carbocycles. The molecule has 0 aliphatic heterocycles. The Balaban J connectivity index is 2.10. The lowest BCUT2D eigenvalue weighted by Crippen LogP contribution is -1.97. The maximum absolute atomic E-state index is 12.7. The summed E-state index contributed by atoms with van der Waals surface area (Å²) in [4.78, 5) is 0. The van der Waals surface area contributed by atoms with Crippen molar-refractivity contribution in [2.75, 3.05) is 13.3 Å². The first-order chi connectivity index (χ1) is 7.33. The van der Waals surface area contributed by atoms with E-state index in [1.807, 2.05) is 0 Å². The van der Waals surface area contributed by atoms with Crippen LogP contribution in [0.5, 0.6) is 5.75 Å². The molecule has 0 unspecified atom stereocenters. The molecule has 1 aromatic carbocycles. The highest BCUT2D eigenvalue weighted by atomic mass is 19.1. The number of benzene rings is 1. The average molecular weight is 213 g/mol. The molecule has 0 saturated carbocycles. The van der Waals surface area contributed by atoms with Gasteiger partial charge < -0.3 is 4.74 Å². The van der Waals surface area contributed by atoms with Crippen LogP contribution in [0.25, 0.3) is 0 Å². The summed E-state index contributed by atoms with van der Waals surface area (Å²) >= 11 is 0. The predicted octanol–water partition coefficient (Wildman–Crippen LogP) is 3.53. The fourth-order valence-corrected chi connectivity index (χ4v) is 1.25. The van der Waals surface area contributed by atoms with Crippen LogP contribution in [0.1, 0.15) is 25.7 Å². The van der Waals surface area contributed by atoms with E-state index in [1.54, 1.807) is 6.07 Å². The van der Waals surface area contributed by atoms with E-state index in [-0.39, 0.29) is 6.67 Å². The lowest BCUT2D eigenvalue weighted by molar-refractivity contribution is 0.301. The summed E-state index contributed by atoms with van der Waals surface area (Å²) in [6, 6.07) is 6.87. The Hall–Kier alpha value is -1.12. The van der Waals surface area contributed by atoms with Crippen LogP contribution in [0, 0.1) is 11.9 Å². The smallest absolute Gasteiger partial charge is 0.134 e. The molecule has 0 fully saturated rings. The molecule has 0 atom stereocenters. The number of hydrogen-bond acceptors (Lipinski definition) is 1. The monoisotopic (exact) mass is 213 g/mol. The second-order valence-corrected chi connectivity index (χ2v) is 3.32. The number of alkyl halides is 1. The molecule has 1 rings (SSSR count). The lowest BCUT2D eigenvalue weighted by Gasteiger charge is -2.05. The standard InChI is InChI=1S/C12H15F2O/c13-8-3-1-2-4-9-15-12-7-5-6-11(14)10-12/h5,7,10H,1-4,8-9H2. The Labute approximate surface area is 89.1 Å². The second kappa shape index (κ2) is 7.21. The first-order valence-electron chi connectivity index (χ1n) is 5.19. The fourth-order valence-electron chi connectivity index (χ4n) is 1.25. The molecule has 0 spiro atoms. The third-order valence-electron chi connectivity index (χ3n) is 2.03.